The quantitative estimate of drug-likeness (QED) is 0.336. The van der Waals surface area contributed by atoms with E-state index in [1.165, 1.54) is 12.4 Å². The Morgan fingerprint density at radius 2 is 1.87 bits per heavy atom. The van der Waals surface area contributed by atoms with Crippen LogP contribution in [0.25, 0.3) is 22.3 Å². The molecule has 2 aromatic carbocycles. The van der Waals surface area contributed by atoms with Crippen LogP contribution in [0.15, 0.2) is 66.3 Å². The highest BCUT2D eigenvalue weighted by Gasteiger charge is 2.28. The van der Waals surface area contributed by atoms with E-state index in [4.69, 9.17) is 10.8 Å². The fraction of sp³-hybridized carbons (Fsp3) is 0.231. The van der Waals surface area contributed by atoms with E-state index in [9.17, 15) is 22.0 Å². The molecule has 10 nitrogen and oxygen atoms in total. The number of likely N-dealkylation sites (tertiary alicyclic amines) is 1. The molecule has 2 aromatic heterocycles. The standard InChI is InChI=1S/C26H25F2N7O3S/c1-2-21(36)34-12-4-5-18(14-34)35-26-22(25(29)30-15-31-26)23(33-35)17-10-8-16(9-11-17)13-32-39(37,38)24-19(27)6-3-7-20(24)28/h2-3,6-11,15,18,32H,1,4-5,12-14H2,(H2,29,30,31)/t18-/m1/s1. The third-order valence-corrected chi connectivity index (χ3v) is 8.08. The molecule has 0 spiro atoms. The van der Waals surface area contributed by atoms with Crippen molar-refractivity contribution in [2.24, 2.45) is 0 Å². The van der Waals surface area contributed by atoms with E-state index >= 15 is 0 Å². The van der Waals surface area contributed by atoms with Crippen molar-refractivity contribution in [2.75, 3.05) is 18.8 Å². The van der Waals surface area contributed by atoms with E-state index in [-0.39, 0.29) is 24.3 Å². The second kappa shape index (κ2) is 10.5. The molecule has 1 aliphatic heterocycles. The summed E-state index contributed by atoms with van der Waals surface area (Å²) in [6.45, 7) is 4.47. The van der Waals surface area contributed by atoms with Crippen LogP contribution >= 0.6 is 0 Å². The van der Waals surface area contributed by atoms with Gasteiger partial charge in [-0.3, -0.25) is 4.79 Å². The zero-order chi connectivity index (χ0) is 27.7. The molecule has 1 atom stereocenters. The number of nitrogens with two attached hydrogens (primary N) is 1. The lowest BCUT2D eigenvalue weighted by Crippen LogP contribution is -2.40. The molecule has 1 aliphatic rings. The SMILES string of the molecule is C=CC(=O)N1CCC[C@@H](n2nc(-c3ccc(CNS(=O)(=O)c4c(F)cccc4F)cc3)c3c(N)ncnc32)C1. The molecule has 39 heavy (non-hydrogen) atoms. The Morgan fingerprint density at radius 3 is 2.56 bits per heavy atom. The number of aromatic nitrogens is 4. The minimum absolute atomic E-state index is 0.124. The second-order valence-electron chi connectivity index (χ2n) is 9.11. The van der Waals surface area contributed by atoms with Crippen LogP contribution in [0.3, 0.4) is 0 Å². The van der Waals surface area contributed by atoms with Crippen LogP contribution in [-0.4, -0.2) is 52.1 Å². The molecule has 202 valence electrons. The summed E-state index contributed by atoms with van der Waals surface area (Å²) in [7, 11) is -4.42. The van der Waals surface area contributed by atoms with Crippen LogP contribution in [0.1, 0.15) is 24.4 Å². The summed E-state index contributed by atoms with van der Waals surface area (Å²) < 4.78 is 56.9. The van der Waals surface area contributed by atoms with Crippen LogP contribution < -0.4 is 10.5 Å². The van der Waals surface area contributed by atoms with Crippen LogP contribution in [0.2, 0.25) is 0 Å². The summed E-state index contributed by atoms with van der Waals surface area (Å²) in [6.07, 6.45) is 4.25. The number of nitrogens with one attached hydrogen (secondary N) is 1. The van der Waals surface area contributed by atoms with E-state index < -0.39 is 26.6 Å². The zero-order valence-corrected chi connectivity index (χ0v) is 21.5. The average Bonchev–Trinajstić information content (AvgIpc) is 3.33. The van der Waals surface area contributed by atoms with E-state index in [1.807, 2.05) is 0 Å². The molecule has 5 rings (SSSR count). The Hall–Kier alpha value is -4.23. The maximum atomic E-state index is 14.0. The van der Waals surface area contributed by atoms with Gasteiger partial charge < -0.3 is 10.6 Å². The molecule has 4 aromatic rings. The van der Waals surface area contributed by atoms with Gasteiger partial charge in [-0.1, -0.05) is 36.9 Å². The number of rotatable bonds is 7. The maximum Gasteiger partial charge on any atom is 0.246 e. The van der Waals surface area contributed by atoms with E-state index in [2.05, 4.69) is 21.3 Å². The van der Waals surface area contributed by atoms with Gasteiger partial charge in [0, 0.05) is 25.2 Å². The summed E-state index contributed by atoms with van der Waals surface area (Å²) >= 11 is 0. The lowest BCUT2D eigenvalue weighted by molar-refractivity contribution is -0.127. The molecule has 3 heterocycles. The number of fused-ring (bicyclic) bond motifs is 1. The van der Waals surface area contributed by atoms with Crippen LogP contribution in [-0.2, 0) is 21.4 Å². The number of amides is 1. The van der Waals surface area contributed by atoms with Gasteiger partial charge in [0.2, 0.25) is 15.9 Å². The first kappa shape index (κ1) is 26.4. The molecule has 0 radical (unpaired) electrons. The minimum atomic E-state index is -4.42. The number of piperidine rings is 1. The number of hydrogen-bond acceptors (Lipinski definition) is 7. The van der Waals surface area contributed by atoms with Crippen LogP contribution in [0.5, 0.6) is 0 Å². The summed E-state index contributed by atoms with van der Waals surface area (Å²) in [4.78, 5) is 21.4. The molecular formula is C26H25F2N7O3S. The van der Waals surface area contributed by atoms with Gasteiger partial charge in [-0.15, -0.1) is 0 Å². The van der Waals surface area contributed by atoms with Crippen molar-refractivity contribution >= 4 is 32.8 Å². The number of nitrogen functional groups attached to an aromatic ring is 1. The molecule has 1 saturated heterocycles. The Bertz CT molecular complexity index is 1650. The number of hydrogen-bond donors (Lipinski definition) is 2. The molecule has 3 N–H and O–H groups in total. The van der Waals surface area contributed by atoms with Crippen molar-refractivity contribution in [1.29, 1.82) is 0 Å². The van der Waals surface area contributed by atoms with Crippen molar-refractivity contribution in [3.8, 4) is 11.3 Å². The number of nitrogens with zero attached hydrogens (tertiary/aromatic N) is 5. The fourth-order valence-corrected chi connectivity index (χ4v) is 5.86. The van der Waals surface area contributed by atoms with Crippen molar-refractivity contribution in [2.45, 2.75) is 30.3 Å². The third kappa shape index (κ3) is 5.10. The van der Waals surface area contributed by atoms with Crippen LogP contribution in [0, 0.1) is 11.6 Å². The van der Waals surface area contributed by atoms with Crippen LogP contribution in [0.4, 0.5) is 14.6 Å². The van der Waals surface area contributed by atoms with Crippen molar-refractivity contribution in [3.63, 3.8) is 0 Å². The van der Waals surface area contributed by atoms with Crippen molar-refractivity contribution in [1.82, 2.24) is 29.4 Å². The molecular weight excluding hydrogens is 528 g/mol. The fourth-order valence-electron chi connectivity index (χ4n) is 4.71. The van der Waals surface area contributed by atoms with E-state index in [1.54, 1.807) is 33.8 Å². The largest absolute Gasteiger partial charge is 0.383 e. The number of carbonyl (C=O) groups is 1. The third-order valence-electron chi connectivity index (χ3n) is 6.63. The highest BCUT2D eigenvalue weighted by Crippen LogP contribution is 2.34. The number of benzene rings is 2. The normalized spacial score (nSPS) is 15.9. The summed E-state index contributed by atoms with van der Waals surface area (Å²) in [5, 5.41) is 5.38. The van der Waals surface area contributed by atoms with Gasteiger partial charge in [0.25, 0.3) is 0 Å². The molecule has 13 heteroatoms. The maximum absolute atomic E-state index is 14.0. The van der Waals surface area contributed by atoms with E-state index in [0.29, 0.717) is 40.9 Å². The lowest BCUT2D eigenvalue weighted by atomic mass is 10.1. The Kier molecular flexibility index (Phi) is 7.10. The summed E-state index contributed by atoms with van der Waals surface area (Å²) in [6, 6.07) is 9.55. The highest BCUT2D eigenvalue weighted by molar-refractivity contribution is 7.89. The minimum Gasteiger partial charge on any atom is -0.383 e. The Balaban J connectivity index is 1.42. The molecule has 1 fully saturated rings. The number of carbonyl (C=O) groups excluding carboxylic acids is 1. The van der Waals surface area contributed by atoms with Crippen molar-refractivity contribution < 1.29 is 22.0 Å². The topological polar surface area (TPSA) is 136 Å². The molecule has 1 amide bonds. The number of sulfonamides is 1. The van der Waals surface area contributed by atoms with Gasteiger partial charge in [-0.2, -0.15) is 5.10 Å². The molecule has 0 aliphatic carbocycles. The summed E-state index contributed by atoms with van der Waals surface area (Å²) in [5.74, 6) is -2.24. The first-order valence-electron chi connectivity index (χ1n) is 12.1. The predicted molar refractivity (Wildman–Crippen MR) is 141 cm³/mol. The molecule has 0 saturated carbocycles. The van der Waals surface area contributed by atoms with Gasteiger partial charge in [0.1, 0.15) is 29.5 Å². The van der Waals surface area contributed by atoms with Gasteiger partial charge in [0.05, 0.1) is 11.4 Å². The number of anilines is 1. The average molecular weight is 554 g/mol. The second-order valence-corrected chi connectivity index (χ2v) is 10.8. The Labute approximate surface area is 223 Å². The Morgan fingerprint density at radius 1 is 1.15 bits per heavy atom. The van der Waals surface area contributed by atoms with Gasteiger partial charge in [0.15, 0.2) is 10.5 Å². The number of halogens is 2. The summed E-state index contributed by atoms with van der Waals surface area (Å²) in [5.41, 5.74) is 8.53. The first-order valence-corrected chi connectivity index (χ1v) is 13.6. The molecule has 0 bridgehead atoms. The smallest absolute Gasteiger partial charge is 0.246 e. The highest BCUT2D eigenvalue weighted by atomic mass is 32.2. The molecule has 0 unspecified atom stereocenters. The predicted octanol–water partition coefficient (Wildman–Crippen LogP) is 3.18. The van der Waals surface area contributed by atoms with Crippen molar-refractivity contribution in [3.05, 3.63) is 78.6 Å². The van der Waals surface area contributed by atoms with Gasteiger partial charge in [-0.25, -0.2) is 36.6 Å². The monoisotopic (exact) mass is 553 g/mol. The van der Waals surface area contributed by atoms with Gasteiger partial charge >= 0.3 is 0 Å². The van der Waals surface area contributed by atoms with Gasteiger partial charge in [-0.05, 0) is 36.6 Å². The zero-order valence-electron chi connectivity index (χ0n) is 20.7. The first-order chi connectivity index (χ1) is 18.7. The lowest BCUT2D eigenvalue weighted by Gasteiger charge is -2.32. The van der Waals surface area contributed by atoms with E-state index in [0.717, 1.165) is 31.0 Å².